The van der Waals surface area contributed by atoms with Crippen molar-refractivity contribution in [3.63, 3.8) is 0 Å². The van der Waals surface area contributed by atoms with Gasteiger partial charge in [0.1, 0.15) is 23.4 Å². The summed E-state index contributed by atoms with van der Waals surface area (Å²) >= 11 is 0. The zero-order chi connectivity index (χ0) is 21.2. The molecule has 7 nitrogen and oxygen atoms in total. The van der Waals surface area contributed by atoms with E-state index in [0.717, 1.165) is 55.8 Å². The standard InChI is InChI=1S/C23H33N5O2/c1-4-24-23(26-17-18(2)30-21-10-8-20(29-3)9-11-21)27-19-12-15-28(16-13-19)22-7-5-6-14-25-22/h5-11,14,18-19H,4,12-13,15-17H2,1-3H3,(H2,24,26,27). The second kappa shape index (κ2) is 11.3. The Balaban J connectivity index is 1.48. The van der Waals surface area contributed by atoms with E-state index in [9.17, 15) is 0 Å². The van der Waals surface area contributed by atoms with Gasteiger partial charge in [0, 0.05) is 31.9 Å². The van der Waals surface area contributed by atoms with E-state index in [1.807, 2.05) is 49.5 Å². The molecule has 7 heteroatoms. The average Bonchev–Trinajstić information content (AvgIpc) is 2.79. The highest BCUT2D eigenvalue weighted by atomic mass is 16.5. The highest BCUT2D eigenvalue weighted by Crippen LogP contribution is 2.19. The summed E-state index contributed by atoms with van der Waals surface area (Å²) in [7, 11) is 1.66. The predicted octanol–water partition coefficient (Wildman–Crippen LogP) is 3.08. The molecule has 1 fully saturated rings. The lowest BCUT2D eigenvalue weighted by molar-refractivity contribution is 0.230. The molecule has 3 rings (SSSR count). The minimum Gasteiger partial charge on any atom is -0.497 e. The number of guanidine groups is 1. The van der Waals surface area contributed by atoms with E-state index in [0.29, 0.717) is 12.6 Å². The lowest BCUT2D eigenvalue weighted by Crippen LogP contribution is -2.49. The van der Waals surface area contributed by atoms with Crippen molar-refractivity contribution in [2.75, 3.05) is 38.2 Å². The fourth-order valence-corrected chi connectivity index (χ4v) is 3.45. The number of piperidine rings is 1. The molecule has 0 spiro atoms. The van der Waals surface area contributed by atoms with Gasteiger partial charge in [-0.05, 0) is 63.1 Å². The molecular formula is C23H33N5O2. The van der Waals surface area contributed by atoms with Gasteiger partial charge in [0.05, 0.1) is 13.7 Å². The summed E-state index contributed by atoms with van der Waals surface area (Å²) in [6, 6.07) is 14.1. The van der Waals surface area contributed by atoms with Crippen LogP contribution in [-0.2, 0) is 0 Å². The van der Waals surface area contributed by atoms with E-state index in [-0.39, 0.29) is 6.10 Å². The lowest BCUT2D eigenvalue weighted by Gasteiger charge is -2.33. The molecule has 30 heavy (non-hydrogen) atoms. The first-order valence-corrected chi connectivity index (χ1v) is 10.7. The van der Waals surface area contributed by atoms with Gasteiger partial charge in [-0.3, -0.25) is 0 Å². The van der Waals surface area contributed by atoms with Gasteiger partial charge in [-0.1, -0.05) is 6.07 Å². The van der Waals surface area contributed by atoms with Crippen LogP contribution in [0.1, 0.15) is 26.7 Å². The molecule has 0 bridgehead atoms. The van der Waals surface area contributed by atoms with Crippen LogP contribution in [-0.4, -0.2) is 56.4 Å². The summed E-state index contributed by atoms with van der Waals surface area (Å²) in [5.74, 6) is 3.54. The number of benzene rings is 1. The molecule has 0 saturated carbocycles. The SMILES string of the molecule is CCNC(=NCC(C)Oc1ccc(OC)cc1)NC1CCN(c2ccccn2)CC1. The molecule has 1 saturated heterocycles. The number of ether oxygens (including phenoxy) is 2. The topological polar surface area (TPSA) is 71.0 Å². The first kappa shape index (κ1) is 21.7. The number of methoxy groups -OCH3 is 1. The van der Waals surface area contributed by atoms with Gasteiger partial charge in [-0.25, -0.2) is 9.98 Å². The Bertz CT molecular complexity index is 774. The second-order valence-electron chi connectivity index (χ2n) is 7.42. The Hall–Kier alpha value is -2.96. The van der Waals surface area contributed by atoms with Crippen LogP contribution in [0.4, 0.5) is 5.82 Å². The van der Waals surface area contributed by atoms with Crippen molar-refractivity contribution in [1.29, 1.82) is 0 Å². The summed E-state index contributed by atoms with van der Waals surface area (Å²) in [4.78, 5) is 11.5. The molecule has 0 aliphatic carbocycles. The number of nitrogens with zero attached hydrogens (tertiary/aromatic N) is 3. The van der Waals surface area contributed by atoms with Gasteiger partial charge in [0.15, 0.2) is 5.96 Å². The van der Waals surface area contributed by atoms with Crippen LogP contribution in [0.25, 0.3) is 0 Å². The Labute approximate surface area is 179 Å². The van der Waals surface area contributed by atoms with E-state index in [4.69, 9.17) is 14.5 Å². The maximum atomic E-state index is 5.96. The molecule has 2 aromatic rings. The van der Waals surface area contributed by atoms with Crippen molar-refractivity contribution in [2.24, 2.45) is 4.99 Å². The van der Waals surface area contributed by atoms with Gasteiger partial charge in [0.25, 0.3) is 0 Å². The molecule has 1 unspecified atom stereocenters. The van der Waals surface area contributed by atoms with E-state index in [2.05, 4.69) is 33.5 Å². The summed E-state index contributed by atoms with van der Waals surface area (Å²) in [5.41, 5.74) is 0. The number of rotatable bonds is 8. The Kier molecular flexibility index (Phi) is 8.18. The zero-order valence-electron chi connectivity index (χ0n) is 18.2. The van der Waals surface area contributed by atoms with Gasteiger partial charge >= 0.3 is 0 Å². The number of nitrogens with one attached hydrogen (secondary N) is 2. The van der Waals surface area contributed by atoms with Crippen LogP contribution >= 0.6 is 0 Å². The van der Waals surface area contributed by atoms with Gasteiger partial charge in [0.2, 0.25) is 0 Å². The first-order chi connectivity index (χ1) is 14.7. The zero-order valence-corrected chi connectivity index (χ0v) is 18.2. The molecular weight excluding hydrogens is 378 g/mol. The molecule has 1 aliphatic rings. The van der Waals surface area contributed by atoms with Crippen LogP contribution in [0.15, 0.2) is 53.7 Å². The first-order valence-electron chi connectivity index (χ1n) is 10.7. The van der Waals surface area contributed by atoms with Gasteiger partial charge < -0.3 is 25.0 Å². The highest BCUT2D eigenvalue weighted by molar-refractivity contribution is 5.80. The summed E-state index contributed by atoms with van der Waals surface area (Å²) in [5, 5.41) is 6.93. The lowest BCUT2D eigenvalue weighted by atomic mass is 10.1. The molecule has 0 radical (unpaired) electrons. The van der Waals surface area contributed by atoms with E-state index in [1.165, 1.54) is 0 Å². The normalized spacial score (nSPS) is 16.1. The molecule has 1 aromatic heterocycles. The minimum atomic E-state index is -0.0279. The maximum absolute atomic E-state index is 5.96. The maximum Gasteiger partial charge on any atom is 0.191 e. The number of aliphatic imine (C=N–C) groups is 1. The van der Waals surface area contributed by atoms with Gasteiger partial charge in [-0.15, -0.1) is 0 Å². The Morgan fingerprint density at radius 1 is 1.17 bits per heavy atom. The second-order valence-corrected chi connectivity index (χ2v) is 7.42. The van der Waals surface area contributed by atoms with Crippen LogP contribution in [0.5, 0.6) is 11.5 Å². The number of hydrogen-bond donors (Lipinski definition) is 2. The van der Waals surface area contributed by atoms with Crippen molar-refractivity contribution in [3.8, 4) is 11.5 Å². The average molecular weight is 412 g/mol. The largest absolute Gasteiger partial charge is 0.497 e. The molecule has 1 aromatic carbocycles. The fourth-order valence-electron chi connectivity index (χ4n) is 3.45. The molecule has 2 heterocycles. The third-order valence-corrected chi connectivity index (χ3v) is 5.06. The third-order valence-electron chi connectivity index (χ3n) is 5.06. The Morgan fingerprint density at radius 2 is 1.90 bits per heavy atom. The van der Waals surface area contributed by atoms with Crippen molar-refractivity contribution in [2.45, 2.75) is 38.8 Å². The van der Waals surface area contributed by atoms with E-state index >= 15 is 0 Å². The number of aromatic nitrogens is 1. The molecule has 1 atom stereocenters. The monoisotopic (exact) mass is 411 g/mol. The van der Waals surface area contributed by atoms with Crippen LogP contribution in [0, 0.1) is 0 Å². The summed E-state index contributed by atoms with van der Waals surface area (Å²) in [6.07, 6.45) is 3.93. The van der Waals surface area contributed by atoms with Crippen LogP contribution in [0.3, 0.4) is 0 Å². The molecule has 2 N–H and O–H groups in total. The Morgan fingerprint density at radius 3 is 2.53 bits per heavy atom. The van der Waals surface area contributed by atoms with Crippen LogP contribution in [0.2, 0.25) is 0 Å². The predicted molar refractivity (Wildman–Crippen MR) is 122 cm³/mol. The minimum absolute atomic E-state index is 0.0279. The number of pyridine rings is 1. The van der Waals surface area contributed by atoms with Crippen molar-refractivity contribution in [3.05, 3.63) is 48.7 Å². The highest BCUT2D eigenvalue weighted by Gasteiger charge is 2.20. The van der Waals surface area contributed by atoms with Crippen LogP contribution < -0.4 is 25.0 Å². The third kappa shape index (κ3) is 6.54. The summed E-state index contributed by atoms with van der Waals surface area (Å²) < 4.78 is 11.1. The van der Waals surface area contributed by atoms with Gasteiger partial charge in [-0.2, -0.15) is 0 Å². The van der Waals surface area contributed by atoms with Crippen molar-refractivity contribution in [1.82, 2.24) is 15.6 Å². The number of anilines is 1. The molecule has 1 aliphatic heterocycles. The van der Waals surface area contributed by atoms with Crippen molar-refractivity contribution < 1.29 is 9.47 Å². The number of hydrogen-bond acceptors (Lipinski definition) is 5. The molecule has 0 amide bonds. The summed E-state index contributed by atoms with van der Waals surface area (Å²) in [6.45, 7) is 7.50. The quantitative estimate of drug-likeness (QED) is 0.514. The fraction of sp³-hybridized carbons (Fsp3) is 0.478. The van der Waals surface area contributed by atoms with Crippen molar-refractivity contribution >= 4 is 11.8 Å². The van der Waals surface area contributed by atoms with E-state index < -0.39 is 0 Å². The van der Waals surface area contributed by atoms with E-state index in [1.54, 1.807) is 7.11 Å². The smallest absolute Gasteiger partial charge is 0.191 e. The molecule has 162 valence electrons.